The third-order valence-corrected chi connectivity index (χ3v) is 2.38. The van der Waals surface area contributed by atoms with Gasteiger partial charge in [-0.1, -0.05) is 12.1 Å². The number of anilines is 1. The van der Waals surface area contributed by atoms with Crippen molar-refractivity contribution in [3.63, 3.8) is 0 Å². The van der Waals surface area contributed by atoms with E-state index in [0.29, 0.717) is 13.0 Å². The highest BCUT2D eigenvalue weighted by Gasteiger charge is 2.11. The molecule has 17 heavy (non-hydrogen) atoms. The van der Waals surface area contributed by atoms with Crippen LogP contribution in [0.1, 0.15) is 13.3 Å². The number of nitrogens with one attached hydrogen (secondary N) is 1. The van der Waals surface area contributed by atoms with Gasteiger partial charge in [0.05, 0.1) is 5.69 Å². The summed E-state index contributed by atoms with van der Waals surface area (Å²) in [5.74, 6) is -0.443. The largest absolute Gasteiger partial charge is 0.328 e. The van der Waals surface area contributed by atoms with Crippen LogP contribution in [0.2, 0.25) is 0 Å². The smallest absolute Gasteiger partial charge is 0.321 e. The van der Waals surface area contributed by atoms with Gasteiger partial charge in [-0.2, -0.15) is 0 Å². The quantitative estimate of drug-likeness (QED) is 0.844. The molecule has 0 radical (unpaired) electrons. The lowest BCUT2D eigenvalue weighted by molar-refractivity contribution is 0.221. The molecular formula is C12H18FN3O. The van der Waals surface area contributed by atoms with Crippen molar-refractivity contribution < 1.29 is 9.18 Å². The third-order valence-electron chi connectivity index (χ3n) is 2.38. The van der Waals surface area contributed by atoms with Crippen LogP contribution in [0.3, 0.4) is 0 Å². The molecule has 0 spiro atoms. The fourth-order valence-electron chi connectivity index (χ4n) is 1.27. The second kappa shape index (κ2) is 6.20. The molecule has 0 aliphatic rings. The van der Waals surface area contributed by atoms with Gasteiger partial charge in [0, 0.05) is 19.6 Å². The van der Waals surface area contributed by atoms with Crippen LogP contribution in [-0.2, 0) is 0 Å². The van der Waals surface area contributed by atoms with Crippen molar-refractivity contribution in [1.29, 1.82) is 0 Å². The molecule has 0 aliphatic heterocycles. The summed E-state index contributed by atoms with van der Waals surface area (Å²) in [7, 11) is 1.65. The summed E-state index contributed by atoms with van der Waals surface area (Å²) in [6, 6.07) is 5.77. The first kappa shape index (κ1) is 13.4. The molecule has 0 aliphatic carbocycles. The van der Waals surface area contributed by atoms with Crippen LogP contribution in [0.5, 0.6) is 0 Å². The number of para-hydroxylation sites is 1. The number of urea groups is 1. The van der Waals surface area contributed by atoms with E-state index < -0.39 is 5.82 Å². The number of rotatable bonds is 4. The molecule has 0 fully saturated rings. The zero-order valence-corrected chi connectivity index (χ0v) is 10.1. The molecule has 0 saturated heterocycles. The first-order valence-electron chi connectivity index (χ1n) is 5.53. The Morgan fingerprint density at radius 1 is 1.53 bits per heavy atom. The monoisotopic (exact) mass is 239 g/mol. The van der Waals surface area contributed by atoms with E-state index >= 15 is 0 Å². The number of hydrogen-bond donors (Lipinski definition) is 2. The van der Waals surface area contributed by atoms with Gasteiger partial charge in [-0.05, 0) is 25.5 Å². The fraction of sp³-hybridized carbons (Fsp3) is 0.417. The molecule has 1 aromatic carbocycles. The lowest BCUT2D eigenvalue weighted by atomic mass is 10.2. The highest BCUT2D eigenvalue weighted by Crippen LogP contribution is 2.12. The Kier molecular flexibility index (Phi) is 4.90. The number of amides is 2. The third kappa shape index (κ3) is 4.40. The molecule has 0 aromatic heterocycles. The van der Waals surface area contributed by atoms with Gasteiger partial charge in [0.2, 0.25) is 0 Å². The van der Waals surface area contributed by atoms with Gasteiger partial charge in [0.1, 0.15) is 5.82 Å². The number of benzene rings is 1. The molecule has 0 heterocycles. The van der Waals surface area contributed by atoms with Crippen LogP contribution in [-0.4, -0.2) is 30.6 Å². The van der Waals surface area contributed by atoms with Crippen molar-refractivity contribution in [2.45, 2.75) is 19.4 Å². The number of carbonyl (C=O) groups is 1. The van der Waals surface area contributed by atoms with Crippen LogP contribution >= 0.6 is 0 Å². The second-order valence-electron chi connectivity index (χ2n) is 4.10. The van der Waals surface area contributed by atoms with E-state index in [2.05, 4.69) is 5.32 Å². The summed E-state index contributed by atoms with van der Waals surface area (Å²) in [6.45, 7) is 2.42. The Hall–Kier alpha value is -1.62. The first-order chi connectivity index (χ1) is 8.00. The average Bonchev–Trinajstić information content (AvgIpc) is 2.28. The van der Waals surface area contributed by atoms with E-state index in [1.807, 2.05) is 6.92 Å². The number of nitrogens with two attached hydrogens (primary N) is 1. The van der Waals surface area contributed by atoms with Gasteiger partial charge >= 0.3 is 6.03 Å². The van der Waals surface area contributed by atoms with E-state index in [4.69, 9.17) is 5.73 Å². The summed E-state index contributed by atoms with van der Waals surface area (Å²) in [6.07, 6.45) is 0.710. The zero-order chi connectivity index (χ0) is 12.8. The highest BCUT2D eigenvalue weighted by molar-refractivity contribution is 5.89. The Bertz CT molecular complexity index is 382. The van der Waals surface area contributed by atoms with Crippen molar-refractivity contribution in [2.75, 3.05) is 18.9 Å². The summed E-state index contributed by atoms with van der Waals surface area (Å²) < 4.78 is 13.3. The number of carbonyl (C=O) groups excluding carboxylic acids is 1. The second-order valence-corrected chi connectivity index (χ2v) is 4.10. The predicted molar refractivity (Wildman–Crippen MR) is 66.3 cm³/mol. The van der Waals surface area contributed by atoms with E-state index in [1.54, 1.807) is 19.2 Å². The molecular weight excluding hydrogens is 221 g/mol. The summed E-state index contributed by atoms with van der Waals surface area (Å²) >= 11 is 0. The SMILES string of the molecule is CC(N)CCN(C)C(=O)Nc1ccccc1F. The maximum Gasteiger partial charge on any atom is 0.321 e. The molecule has 0 saturated carbocycles. The van der Waals surface area contributed by atoms with Crippen molar-refractivity contribution in [1.82, 2.24) is 4.90 Å². The minimum atomic E-state index is -0.443. The fourth-order valence-corrected chi connectivity index (χ4v) is 1.27. The Labute approximate surface area is 101 Å². The minimum absolute atomic E-state index is 0.0405. The van der Waals surface area contributed by atoms with Crippen LogP contribution in [0.25, 0.3) is 0 Å². The van der Waals surface area contributed by atoms with Crippen LogP contribution in [0.4, 0.5) is 14.9 Å². The molecule has 5 heteroatoms. The van der Waals surface area contributed by atoms with Crippen LogP contribution in [0, 0.1) is 5.82 Å². The maximum atomic E-state index is 13.3. The molecule has 1 aromatic rings. The molecule has 4 nitrogen and oxygen atoms in total. The number of halogens is 1. The predicted octanol–water partition coefficient (Wildman–Crippen LogP) is 2.03. The normalized spacial score (nSPS) is 12.0. The lowest BCUT2D eigenvalue weighted by Crippen LogP contribution is -2.34. The molecule has 1 rings (SSSR count). The Balaban J connectivity index is 2.52. The first-order valence-corrected chi connectivity index (χ1v) is 5.53. The van der Waals surface area contributed by atoms with E-state index in [-0.39, 0.29) is 17.8 Å². The Morgan fingerprint density at radius 3 is 2.76 bits per heavy atom. The number of hydrogen-bond acceptors (Lipinski definition) is 2. The van der Waals surface area contributed by atoms with Gasteiger partial charge in [-0.3, -0.25) is 0 Å². The van der Waals surface area contributed by atoms with E-state index in [0.717, 1.165) is 0 Å². The van der Waals surface area contributed by atoms with Gasteiger partial charge in [0.25, 0.3) is 0 Å². The molecule has 1 unspecified atom stereocenters. The van der Waals surface area contributed by atoms with E-state index in [1.165, 1.54) is 17.0 Å². The molecule has 3 N–H and O–H groups in total. The van der Waals surface area contributed by atoms with Gasteiger partial charge < -0.3 is 16.0 Å². The zero-order valence-electron chi connectivity index (χ0n) is 10.1. The van der Waals surface area contributed by atoms with Crippen LogP contribution in [0.15, 0.2) is 24.3 Å². The van der Waals surface area contributed by atoms with Gasteiger partial charge in [0.15, 0.2) is 0 Å². The van der Waals surface area contributed by atoms with Crippen molar-refractivity contribution in [3.8, 4) is 0 Å². The molecule has 0 bridgehead atoms. The minimum Gasteiger partial charge on any atom is -0.328 e. The van der Waals surface area contributed by atoms with Crippen molar-refractivity contribution in [2.24, 2.45) is 5.73 Å². The Morgan fingerprint density at radius 2 is 2.18 bits per heavy atom. The van der Waals surface area contributed by atoms with Crippen molar-refractivity contribution >= 4 is 11.7 Å². The summed E-state index contributed by atoms with van der Waals surface area (Å²) in [5.41, 5.74) is 5.78. The van der Waals surface area contributed by atoms with E-state index in [9.17, 15) is 9.18 Å². The molecule has 2 amide bonds. The standard InChI is InChI=1S/C12H18FN3O/c1-9(14)7-8-16(2)12(17)15-11-6-4-3-5-10(11)13/h3-6,9H,7-8,14H2,1-2H3,(H,15,17). The number of nitrogens with zero attached hydrogens (tertiary/aromatic N) is 1. The summed E-state index contributed by atoms with van der Waals surface area (Å²) in [4.78, 5) is 13.2. The maximum absolute atomic E-state index is 13.3. The average molecular weight is 239 g/mol. The highest BCUT2D eigenvalue weighted by atomic mass is 19.1. The molecule has 1 atom stereocenters. The molecule has 94 valence electrons. The van der Waals surface area contributed by atoms with Gasteiger partial charge in [-0.15, -0.1) is 0 Å². The van der Waals surface area contributed by atoms with Crippen molar-refractivity contribution in [3.05, 3.63) is 30.1 Å². The van der Waals surface area contributed by atoms with Crippen LogP contribution < -0.4 is 11.1 Å². The lowest BCUT2D eigenvalue weighted by Gasteiger charge is -2.19. The van der Waals surface area contributed by atoms with Gasteiger partial charge in [-0.25, -0.2) is 9.18 Å². The summed E-state index contributed by atoms with van der Waals surface area (Å²) in [5, 5.41) is 2.50. The topological polar surface area (TPSA) is 58.4 Å².